The van der Waals surface area contributed by atoms with E-state index in [0.717, 1.165) is 5.52 Å². The minimum Gasteiger partial charge on any atom is -0.369 e. The molecule has 0 amide bonds. The third-order valence-corrected chi connectivity index (χ3v) is 4.55. The van der Waals surface area contributed by atoms with E-state index in [1.165, 1.54) is 36.8 Å². The van der Waals surface area contributed by atoms with Crippen LogP contribution in [0.25, 0.3) is 11.0 Å². The predicted octanol–water partition coefficient (Wildman–Crippen LogP) is 4.07. The lowest BCUT2D eigenvalue weighted by molar-refractivity contribution is 0.197. The van der Waals surface area contributed by atoms with Gasteiger partial charge in [-0.2, -0.15) is 0 Å². The summed E-state index contributed by atoms with van der Waals surface area (Å²) in [6, 6.07) is 6.89. The monoisotopic (exact) mass is 257 g/mol. The zero-order valence-corrected chi connectivity index (χ0v) is 12.1. The highest BCUT2D eigenvalue weighted by Crippen LogP contribution is 2.42. The summed E-state index contributed by atoms with van der Waals surface area (Å²) in [5.74, 6) is 0.672. The number of aromatic nitrogens is 2. The van der Waals surface area contributed by atoms with Crippen LogP contribution in [0.2, 0.25) is 0 Å². The molecule has 3 nitrogen and oxygen atoms in total. The molecule has 0 aliphatic heterocycles. The molecule has 1 fully saturated rings. The standard InChI is InChI=1S/C16H23N3/c1-11-4-5-13-14(10-11)19(15(17)18-13)12-6-8-16(2,3)9-7-12/h4-5,10,12H,6-9H2,1-3H3,(H2,17,18). The van der Waals surface area contributed by atoms with Crippen molar-refractivity contribution in [2.24, 2.45) is 5.41 Å². The minimum absolute atomic E-state index is 0.484. The summed E-state index contributed by atoms with van der Waals surface area (Å²) in [4.78, 5) is 4.51. The molecule has 0 spiro atoms. The van der Waals surface area contributed by atoms with Gasteiger partial charge in [0.2, 0.25) is 5.95 Å². The first-order valence-electron chi connectivity index (χ1n) is 7.20. The van der Waals surface area contributed by atoms with Gasteiger partial charge in [0.25, 0.3) is 0 Å². The molecule has 0 radical (unpaired) electrons. The molecule has 0 unspecified atom stereocenters. The van der Waals surface area contributed by atoms with Gasteiger partial charge in [0, 0.05) is 6.04 Å². The Labute approximate surface area is 114 Å². The molecule has 102 valence electrons. The number of anilines is 1. The van der Waals surface area contributed by atoms with Crippen molar-refractivity contribution < 1.29 is 0 Å². The molecule has 0 bridgehead atoms. The van der Waals surface area contributed by atoms with Crippen molar-refractivity contribution in [2.75, 3.05) is 5.73 Å². The molecule has 1 aliphatic carbocycles. The van der Waals surface area contributed by atoms with Crippen LogP contribution >= 0.6 is 0 Å². The van der Waals surface area contributed by atoms with E-state index >= 15 is 0 Å². The SMILES string of the molecule is Cc1ccc2nc(N)n(C3CCC(C)(C)CC3)c2c1. The van der Waals surface area contributed by atoms with E-state index in [-0.39, 0.29) is 0 Å². The summed E-state index contributed by atoms with van der Waals surface area (Å²) in [7, 11) is 0. The van der Waals surface area contributed by atoms with Gasteiger partial charge in [0.05, 0.1) is 11.0 Å². The summed E-state index contributed by atoms with van der Waals surface area (Å²) in [6.07, 6.45) is 4.94. The van der Waals surface area contributed by atoms with Gasteiger partial charge in [-0.1, -0.05) is 19.9 Å². The number of rotatable bonds is 1. The van der Waals surface area contributed by atoms with Crippen LogP contribution in [0.15, 0.2) is 18.2 Å². The van der Waals surface area contributed by atoms with Gasteiger partial charge in [-0.25, -0.2) is 4.98 Å². The number of nitrogen functional groups attached to an aromatic ring is 1. The zero-order valence-electron chi connectivity index (χ0n) is 12.1. The fourth-order valence-electron chi connectivity index (χ4n) is 3.25. The van der Waals surface area contributed by atoms with Crippen molar-refractivity contribution in [2.45, 2.75) is 52.5 Å². The maximum atomic E-state index is 6.15. The van der Waals surface area contributed by atoms with E-state index in [0.29, 0.717) is 17.4 Å². The summed E-state index contributed by atoms with van der Waals surface area (Å²) >= 11 is 0. The minimum atomic E-state index is 0.484. The lowest BCUT2D eigenvalue weighted by atomic mass is 9.75. The molecule has 0 saturated heterocycles. The fourth-order valence-corrected chi connectivity index (χ4v) is 3.25. The Balaban J connectivity index is 2.01. The van der Waals surface area contributed by atoms with Crippen molar-refractivity contribution in [3.05, 3.63) is 23.8 Å². The number of nitrogens with two attached hydrogens (primary N) is 1. The topological polar surface area (TPSA) is 43.8 Å². The van der Waals surface area contributed by atoms with E-state index in [4.69, 9.17) is 5.73 Å². The van der Waals surface area contributed by atoms with Gasteiger partial charge in [0.1, 0.15) is 0 Å². The van der Waals surface area contributed by atoms with E-state index in [2.05, 4.69) is 48.5 Å². The molecule has 3 heteroatoms. The maximum absolute atomic E-state index is 6.15. The predicted molar refractivity (Wildman–Crippen MR) is 80.2 cm³/mol. The first-order valence-corrected chi connectivity index (χ1v) is 7.20. The number of imidazole rings is 1. The Morgan fingerprint density at radius 1 is 1.26 bits per heavy atom. The van der Waals surface area contributed by atoms with E-state index < -0.39 is 0 Å². The summed E-state index contributed by atoms with van der Waals surface area (Å²) < 4.78 is 2.26. The molecule has 2 aromatic rings. The normalized spacial score (nSPS) is 19.9. The largest absolute Gasteiger partial charge is 0.369 e. The zero-order chi connectivity index (χ0) is 13.6. The Hall–Kier alpha value is -1.51. The van der Waals surface area contributed by atoms with E-state index in [1.807, 2.05) is 0 Å². The highest BCUT2D eigenvalue weighted by molar-refractivity contribution is 5.79. The van der Waals surface area contributed by atoms with Crippen molar-refractivity contribution in [3.63, 3.8) is 0 Å². The van der Waals surface area contributed by atoms with Gasteiger partial charge >= 0.3 is 0 Å². The fraction of sp³-hybridized carbons (Fsp3) is 0.562. The van der Waals surface area contributed by atoms with Crippen LogP contribution in [-0.4, -0.2) is 9.55 Å². The van der Waals surface area contributed by atoms with Gasteiger partial charge < -0.3 is 10.3 Å². The van der Waals surface area contributed by atoms with Gasteiger partial charge in [-0.05, 0) is 55.7 Å². The van der Waals surface area contributed by atoms with Gasteiger partial charge in [-0.15, -0.1) is 0 Å². The van der Waals surface area contributed by atoms with Crippen molar-refractivity contribution >= 4 is 17.0 Å². The number of aryl methyl sites for hydroxylation is 1. The number of hydrogen-bond donors (Lipinski definition) is 1. The summed E-state index contributed by atoms with van der Waals surface area (Å²) in [5.41, 5.74) is 10.1. The Morgan fingerprint density at radius 3 is 2.63 bits per heavy atom. The lowest BCUT2D eigenvalue weighted by Gasteiger charge is -2.35. The smallest absolute Gasteiger partial charge is 0.201 e. The van der Waals surface area contributed by atoms with Crippen molar-refractivity contribution in [1.82, 2.24) is 9.55 Å². The molecule has 19 heavy (non-hydrogen) atoms. The maximum Gasteiger partial charge on any atom is 0.201 e. The number of hydrogen-bond acceptors (Lipinski definition) is 2. The highest BCUT2D eigenvalue weighted by Gasteiger charge is 2.29. The average molecular weight is 257 g/mol. The molecular weight excluding hydrogens is 234 g/mol. The van der Waals surface area contributed by atoms with Crippen molar-refractivity contribution in [3.8, 4) is 0 Å². The van der Waals surface area contributed by atoms with E-state index in [1.54, 1.807) is 0 Å². The van der Waals surface area contributed by atoms with Crippen LogP contribution in [0.3, 0.4) is 0 Å². The molecular formula is C16H23N3. The van der Waals surface area contributed by atoms with Crippen LogP contribution < -0.4 is 5.73 Å². The Kier molecular flexibility index (Phi) is 2.80. The van der Waals surface area contributed by atoms with E-state index in [9.17, 15) is 0 Å². The number of nitrogens with zero attached hydrogens (tertiary/aromatic N) is 2. The van der Waals surface area contributed by atoms with Crippen LogP contribution in [-0.2, 0) is 0 Å². The second-order valence-electron chi connectivity index (χ2n) is 6.73. The first kappa shape index (κ1) is 12.5. The summed E-state index contributed by atoms with van der Waals surface area (Å²) in [6.45, 7) is 6.85. The Morgan fingerprint density at radius 2 is 1.95 bits per heavy atom. The van der Waals surface area contributed by atoms with Gasteiger partial charge in [-0.3, -0.25) is 0 Å². The third kappa shape index (κ3) is 2.22. The molecule has 1 aromatic heterocycles. The molecule has 1 heterocycles. The van der Waals surface area contributed by atoms with Crippen LogP contribution in [0.1, 0.15) is 51.1 Å². The molecule has 1 aromatic carbocycles. The van der Waals surface area contributed by atoms with Crippen LogP contribution in [0, 0.1) is 12.3 Å². The molecule has 1 saturated carbocycles. The van der Waals surface area contributed by atoms with Crippen LogP contribution in [0.5, 0.6) is 0 Å². The first-order chi connectivity index (χ1) is 8.96. The highest BCUT2D eigenvalue weighted by atomic mass is 15.2. The number of fused-ring (bicyclic) bond motifs is 1. The van der Waals surface area contributed by atoms with Crippen LogP contribution in [0.4, 0.5) is 5.95 Å². The second-order valence-corrected chi connectivity index (χ2v) is 6.73. The quantitative estimate of drug-likeness (QED) is 0.837. The molecule has 2 N–H and O–H groups in total. The third-order valence-electron chi connectivity index (χ3n) is 4.55. The van der Waals surface area contributed by atoms with Crippen molar-refractivity contribution in [1.29, 1.82) is 0 Å². The second kappa shape index (κ2) is 4.26. The molecule has 3 rings (SSSR count). The lowest BCUT2D eigenvalue weighted by Crippen LogP contribution is -2.24. The molecule has 1 aliphatic rings. The summed E-state index contributed by atoms with van der Waals surface area (Å²) in [5, 5.41) is 0. The molecule has 0 atom stereocenters. The Bertz CT molecular complexity index is 600. The van der Waals surface area contributed by atoms with Gasteiger partial charge in [0.15, 0.2) is 0 Å². The average Bonchev–Trinajstić information content (AvgIpc) is 2.65. The number of benzene rings is 1.